The second kappa shape index (κ2) is 18.4. The Balaban J connectivity index is 0.870. The SMILES string of the molecule is CCN(C)SNc1ccc(F)c(Oc2ccc3ncn(C(C)COC4CCC(N5CCC(c6cc7c(cc6F)c(N6CCC(=O)NC6=O)nn7C)C(F)(F)C5)CC4)c(=O)c3c2)c1C#N. The van der Waals surface area contributed by atoms with E-state index in [2.05, 4.69) is 20.1 Å². The van der Waals surface area contributed by atoms with Crippen LogP contribution in [-0.2, 0) is 16.6 Å². The number of alkyl halides is 2. The topological polar surface area (TPSA) is 163 Å². The van der Waals surface area contributed by atoms with Crippen molar-refractivity contribution in [3.8, 4) is 17.6 Å². The van der Waals surface area contributed by atoms with Crippen molar-refractivity contribution in [1.82, 2.24) is 33.9 Å². The summed E-state index contributed by atoms with van der Waals surface area (Å²) in [5, 5.41) is 17.0. The molecular formula is C44H48F4N10O5S. The van der Waals surface area contributed by atoms with Gasteiger partial charge in [-0.2, -0.15) is 10.4 Å². The number of hydrogen-bond donors (Lipinski definition) is 2. The Morgan fingerprint density at radius 3 is 2.55 bits per heavy atom. The number of hydrogen-bond acceptors (Lipinski definition) is 12. The normalized spacial score (nSPS) is 21.0. The second-order valence-electron chi connectivity index (χ2n) is 16.6. The second-order valence-corrected chi connectivity index (χ2v) is 17.6. The predicted octanol–water partition coefficient (Wildman–Crippen LogP) is 7.61. The van der Waals surface area contributed by atoms with Crippen LogP contribution in [0.1, 0.15) is 75.5 Å². The van der Waals surface area contributed by atoms with Crippen LogP contribution in [0.15, 0.2) is 53.6 Å². The average Bonchev–Trinajstić information content (AvgIpc) is 3.59. The number of aryl methyl sites for hydroxylation is 1. The lowest BCUT2D eigenvalue weighted by molar-refractivity contribution is -0.120. The molecule has 2 saturated heterocycles. The number of ether oxygens (including phenoxy) is 2. The number of rotatable bonds is 13. The minimum atomic E-state index is -3.22. The van der Waals surface area contributed by atoms with E-state index in [4.69, 9.17) is 9.47 Å². The smallest absolute Gasteiger partial charge is 0.329 e. The minimum absolute atomic E-state index is 0.0284. The molecule has 2 unspecified atom stereocenters. The van der Waals surface area contributed by atoms with Gasteiger partial charge in [-0.05, 0) is 101 Å². The summed E-state index contributed by atoms with van der Waals surface area (Å²) in [5.74, 6) is -6.50. The average molecular weight is 905 g/mol. The first-order valence-electron chi connectivity index (χ1n) is 21.2. The first-order chi connectivity index (χ1) is 30.6. The molecule has 2 atom stereocenters. The largest absolute Gasteiger partial charge is 0.453 e. The van der Waals surface area contributed by atoms with Crippen molar-refractivity contribution in [1.29, 1.82) is 5.26 Å². The molecular weight excluding hydrogens is 857 g/mol. The Bertz CT molecular complexity index is 2700. The van der Waals surface area contributed by atoms with Crippen molar-refractivity contribution < 1.29 is 36.6 Å². The maximum Gasteiger partial charge on any atom is 0.329 e. The fourth-order valence-electron chi connectivity index (χ4n) is 8.76. The molecule has 0 bridgehead atoms. The van der Waals surface area contributed by atoms with E-state index in [0.717, 1.165) is 12.6 Å². The number of nitrogens with one attached hydrogen (secondary N) is 2. The third-order valence-corrected chi connectivity index (χ3v) is 13.3. The molecule has 64 heavy (non-hydrogen) atoms. The van der Waals surface area contributed by atoms with Gasteiger partial charge in [0.2, 0.25) is 5.91 Å². The molecule has 1 saturated carbocycles. The summed E-state index contributed by atoms with van der Waals surface area (Å²) in [6.45, 7) is 4.64. The zero-order chi connectivity index (χ0) is 45.4. The van der Waals surface area contributed by atoms with E-state index in [9.17, 15) is 19.6 Å². The van der Waals surface area contributed by atoms with Gasteiger partial charge in [0, 0.05) is 50.1 Å². The van der Waals surface area contributed by atoms with Gasteiger partial charge in [0.1, 0.15) is 23.2 Å². The third-order valence-electron chi connectivity index (χ3n) is 12.4. The van der Waals surface area contributed by atoms with Crippen LogP contribution in [0, 0.1) is 23.0 Å². The Morgan fingerprint density at radius 2 is 1.83 bits per heavy atom. The van der Waals surface area contributed by atoms with E-state index in [1.807, 2.05) is 31.3 Å². The van der Waals surface area contributed by atoms with Crippen LogP contribution < -0.4 is 25.2 Å². The monoisotopic (exact) mass is 904 g/mol. The van der Waals surface area contributed by atoms with Crippen molar-refractivity contribution in [2.24, 2.45) is 7.05 Å². The number of imide groups is 1. The molecule has 3 aromatic carbocycles. The Kier molecular flexibility index (Phi) is 12.9. The molecule has 3 amide bonds. The van der Waals surface area contributed by atoms with Gasteiger partial charge in [0.25, 0.3) is 11.5 Å². The van der Waals surface area contributed by atoms with Crippen LogP contribution in [-0.4, -0.2) is 98.4 Å². The summed E-state index contributed by atoms with van der Waals surface area (Å²) in [6, 6.07) is 10.7. The van der Waals surface area contributed by atoms with Gasteiger partial charge >= 0.3 is 6.03 Å². The van der Waals surface area contributed by atoms with Crippen LogP contribution >= 0.6 is 12.1 Å². The minimum Gasteiger partial charge on any atom is -0.453 e. The van der Waals surface area contributed by atoms with Gasteiger partial charge in [0.05, 0.1) is 59.6 Å². The summed E-state index contributed by atoms with van der Waals surface area (Å²) < 4.78 is 82.8. The summed E-state index contributed by atoms with van der Waals surface area (Å²) in [7, 11) is 3.46. The van der Waals surface area contributed by atoms with E-state index >= 15 is 17.6 Å². The van der Waals surface area contributed by atoms with Crippen molar-refractivity contribution in [3.63, 3.8) is 0 Å². The number of anilines is 2. The number of benzene rings is 3. The molecule has 1 aliphatic carbocycles. The maximum atomic E-state index is 16.0. The molecule has 2 aromatic heterocycles. The number of nitriles is 1. The van der Waals surface area contributed by atoms with Crippen molar-refractivity contribution >= 4 is 57.4 Å². The van der Waals surface area contributed by atoms with Gasteiger partial charge in [-0.3, -0.25) is 34.0 Å². The molecule has 0 spiro atoms. The third kappa shape index (κ3) is 8.98. The van der Waals surface area contributed by atoms with Gasteiger partial charge in [-0.15, -0.1) is 0 Å². The zero-order valence-corrected chi connectivity index (χ0v) is 36.6. The number of carbonyl (C=O) groups is 2. The first kappa shape index (κ1) is 44.8. The van der Waals surface area contributed by atoms with Gasteiger partial charge in [-0.1, -0.05) is 6.92 Å². The number of halogens is 4. The zero-order valence-electron chi connectivity index (χ0n) is 35.7. The van der Waals surface area contributed by atoms with Gasteiger partial charge in [0.15, 0.2) is 17.4 Å². The molecule has 3 fully saturated rings. The number of fused-ring (bicyclic) bond motifs is 2. The lowest BCUT2D eigenvalue weighted by atomic mass is 9.83. The number of aromatic nitrogens is 4. The Morgan fingerprint density at radius 1 is 1.05 bits per heavy atom. The summed E-state index contributed by atoms with van der Waals surface area (Å²) >= 11 is 1.25. The Hall–Kier alpha value is -5.75. The van der Waals surface area contributed by atoms with Crippen LogP contribution in [0.25, 0.3) is 21.8 Å². The quantitative estimate of drug-likeness (QED) is 0.0880. The molecule has 15 nitrogen and oxygen atoms in total. The highest BCUT2D eigenvalue weighted by Crippen LogP contribution is 2.45. The number of piperidine rings is 1. The van der Waals surface area contributed by atoms with Crippen LogP contribution in [0.4, 0.5) is 33.9 Å². The Labute approximate surface area is 370 Å². The van der Waals surface area contributed by atoms with E-state index in [1.54, 1.807) is 24.1 Å². The lowest BCUT2D eigenvalue weighted by Crippen LogP contribution is -2.52. The van der Waals surface area contributed by atoms with Crippen LogP contribution in [0.3, 0.4) is 0 Å². The molecule has 2 N–H and O–H groups in total. The van der Waals surface area contributed by atoms with Crippen LogP contribution in [0.5, 0.6) is 11.5 Å². The summed E-state index contributed by atoms with van der Waals surface area (Å²) in [4.78, 5) is 45.4. The highest BCUT2D eigenvalue weighted by Gasteiger charge is 2.48. The van der Waals surface area contributed by atoms with Crippen molar-refractivity contribution in [3.05, 3.63) is 81.9 Å². The number of nitrogens with zero attached hydrogens (tertiary/aromatic N) is 8. The molecule has 0 radical (unpaired) electrons. The molecule has 8 rings (SSSR count). The van der Waals surface area contributed by atoms with Crippen molar-refractivity contribution in [2.45, 2.75) is 82.4 Å². The number of carbonyl (C=O) groups excluding carboxylic acids is 2. The first-order valence-corrected chi connectivity index (χ1v) is 22.0. The molecule has 5 aromatic rings. The van der Waals surface area contributed by atoms with Crippen molar-refractivity contribution in [2.75, 3.05) is 49.5 Å². The highest BCUT2D eigenvalue weighted by molar-refractivity contribution is 7.98. The van der Waals surface area contributed by atoms with E-state index in [1.165, 1.54) is 56.9 Å². The molecule has 2 aliphatic heterocycles. The van der Waals surface area contributed by atoms with E-state index < -0.39 is 48.0 Å². The fraction of sp³-hybridized carbons (Fsp3) is 0.455. The lowest BCUT2D eigenvalue weighted by Gasteiger charge is -2.44. The number of urea groups is 1. The van der Waals surface area contributed by atoms with E-state index in [0.29, 0.717) is 54.3 Å². The number of likely N-dealkylation sites (tertiary alicyclic amines) is 1. The molecule has 4 heterocycles. The summed E-state index contributed by atoms with van der Waals surface area (Å²) in [6.07, 6.45) is 3.95. The predicted molar refractivity (Wildman–Crippen MR) is 233 cm³/mol. The van der Waals surface area contributed by atoms with E-state index in [-0.39, 0.29) is 77.5 Å². The van der Waals surface area contributed by atoms with Gasteiger partial charge < -0.3 is 14.2 Å². The van der Waals surface area contributed by atoms with Crippen LogP contribution in [0.2, 0.25) is 0 Å². The maximum absolute atomic E-state index is 16.0. The van der Waals surface area contributed by atoms with Gasteiger partial charge in [-0.25, -0.2) is 31.6 Å². The molecule has 3 aliphatic rings. The molecule has 20 heteroatoms. The molecule has 338 valence electrons. The standard InChI is InChI=1S/C44H48F4N10O5S/c1-5-54(3)64-53-37-13-11-34(45)40(32(37)21-49)63-28-10-12-36-30(18-28)42(60)58(24-50-36)25(2)22-62-27-8-6-26(7-9-27)56-16-14-33(44(47,48)23-56)29-20-38-31(19-35(29)46)41(52-55(38)4)57-17-15-39(59)51-43(57)61/h10-13,18-20,24-27,33,53H,5-9,14-17,22-23H2,1-4H3,(H,51,59,61). The number of amides is 3. The summed E-state index contributed by atoms with van der Waals surface area (Å²) in [5.41, 5.74) is 0.697. The fourth-order valence-corrected chi connectivity index (χ4v) is 9.31. The highest BCUT2D eigenvalue weighted by atomic mass is 32.2.